The van der Waals surface area contributed by atoms with Gasteiger partial charge in [-0.15, -0.1) is 0 Å². The van der Waals surface area contributed by atoms with Crippen LogP contribution in [0.1, 0.15) is 56.7 Å². The summed E-state index contributed by atoms with van der Waals surface area (Å²) in [5.41, 5.74) is 2.57. The number of aliphatic hydroxyl groups excluding tert-OH is 1. The third kappa shape index (κ3) is 3.68. The van der Waals surface area contributed by atoms with Crippen LogP contribution >= 0.6 is 0 Å². The Balaban J connectivity index is 2.55. The van der Waals surface area contributed by atoms with Gasteiger partial charge in [0, 0.05) is 5.57 Å². The van der Waals surface area contributed by atoms with Gasteiger partial charge in [-0.3, -0.25) is 9.59 Å². The highest BCUT2D eigenvalue weighted by Gasteiger charge is 2.49. The van der Waals surface area contributed by atoms with E-state index in [-0.39, 0.29) is 17.1 Å². The number of hydrogen-bond donors (Lipinski definition) is 1. The standard InChI is InChI=1S/C24H30O4/c1-7-18-21(26)20(22(27)24(8-2,9-3)23(18)28-6)19(25)11-10-17-13-15(4)12-16(5)14-17/h10-14,26H,7-9H2,1-6H3/b11-10+. The Morgan fingerprint density at radius 2 is 1.68 bits per heavy atom. The normalized spacial score (nSPS) is 16.9. The molecule has 1 aliphatic carbocycles. The van der Waals surface area contributed by atoms with Gasteiger partial charge in [0.2, 0.25) is 0 Å². The van der Waals surface area contributed by atoms with Crippen molar-refractivity contribution in [3.8, 4) is 0 Å². The smallest absolute Gasteiger partial charge is 0.193 e. The first-order valence-corrected chi connectivity index (χ1v) is 9.82. The third-order valence-corrected chi connectivity index (χ3v) is 5.58. The summed E-state index contributed by atoms with van der Waals surface area (Å²) in [5.74, 6) is -0.609. The predicted molar refractivity (Wildman–Crippen MR) is 112 cm³/mol. The number of aliphatic hydroxyl groups is 1. The first kappa shape index (κ1) is 21.7. The van der Waals surface area contributed by atoms with Gasteiger partial charge in [0.25, 0.3) is 0 Å². The highest BCUT2D eigenvalue weighted by atomic mass is 16.5. The van der Waals surface area contributed by atoms with E-state index < -0.39 is 11.2 Å². The van der Waals surface area contributed by atoms with Gasteiger partial charge in [0.15, 0.2) is 11.6 Å². The highest BCUT2D eigenvalue weighted by molar-refractivity contribution is 6.28. The number of hydrogen-bond acceptors (Lipinski definition) is 4. The summed E-state index contributed by atoms with van der Waals surface area (Å²) < 4.78 is 5.55. The number of rotatable bonds is 7. The van der Waals surface area contributed by atoms with E-state index in [0.29, 0.717) is 30.6 Å². The Morgan fingerprint density at radius 3 is 2.14 bits per heavy atom. The third-order valence-electron chi connectivity index (χ3n) is 5.58. The van der Waals surface area contributed by atoms with Crippen molar-refractivity contribution in [2.24, 2.45) is 5.41 Å². The molecule has 0 saturated carbocycles. The number of allylic oxidation sites excluding steroid dienone is 4. The minimum atomic E-state index is -0.912. The van der Waals surface area contributed by atoms with E-state index in [1.165, 1.54) is 13.2 Å². The molecule has 0 bridgehead atoms. The van der Waals surface area contributed by atoms with Crippen molar-refractivity contribution in [2.45, 2.75) is 53.9 Å². The topological polar surface area (TPSA) is 63.6 Å². The maximum Gasteiger partial charge on any atom is 0.193 e. The Bertz CT molecular complexity index is 860. The molecule has 150 valence electrons. The summed E-state index contributed by atoms with van der Waals surface area (Å²) in [4.78, 5) is 26.3. The quantitative estimate of drug-likeness (QED) is 0.507. The lowest BCUT2D eigenvalue weighted by atomic mass is 9.68. The first-order chi connectivity index (χ1) is 13.2. The number of methoxy groups -OCH3 is 1. The number of ketones is 2. The average Bonchev–Trinajstić information content (AvgIpc) is 2.65. The molecule has 4 nitrogen and oxygen atoms in total. The summed E-state index contributed by atoms with van der Waals surface area (Å²) in [6.07, 6.45) is 4.54. The van der Waals surface area contributed by atoms with E-state index in [9.17, 15) is 14.7 Å². The highest BCUT2D eigenvalue weighted by Crippen LogP contribution is 2.46. The van der Waals surface area contributed by atoms with Crippen molar-refractivity contribution in [3.05, 3.63) is 63.6 Å². The molecule has 0 amide bonds. The van der Waals surface area contributed by atoms with Gasteiger partial charge >= 0.3 is 0 Å². The second-order valence-corrected chi connectivity index (χ2v) is 7.33. The zero-order chi connectivity index (χ0) is 21.1. The van der Waals surface area contributed by atoms with Gasteiger partial charge in [0.05, 0.1) is 12.5 Å². The zero-order valence-corrected chi connectivity index (χ0v) is 17.7. The Labute approximate surface area is 167 Å². The van der Waals surface area contributed by atoms with Crippen LogP contribution in [-0.4, -0.2) is 23.8 Å². The monoisotopic (exact) mass is 382 g/mol. The second kappa shape index (κ2) is 8.59. The minimum absolute atomic E-state index is 0.137. The molecule has 1 N–H and O–H groups in total. The van der Waals surface area contributed by atoms with Crippen LogP contribution in [-0.2, 0) is 14.3 Å². The number of aryl methyl sites for hydroxylation is 2. The maximum atomic E-state index is 13.3. The zero-order valence-electron chi connectivity index (χ0n) is 17.7. The van der Waals surface area contributed by atoms with E-state index in [1.54, 1.807) is 6.08 Å². The van der Waals surface area contributed by atoms with Crippen LogP contribution in [0, 0.1) is 19.3 Å². The van der Waals surface area contributed by atoms with E-state index >= 15 is 0 Å². The molecule has 0 fully saturated rings. The van der Waals surface area contributed by atoms with Gasteiger partial charge in [-0.2, -0.15) is 0 Å². The van der Waals surface area contributed by atoms with Crippen molar-refractivity contribution < 1.29 is 19.4 Å². The second-order valence-electron chi connectivity index (χ2n) is 7.33. The van der Waals surface area contributed by atoms with E-state index in [1.807, 2.05) is 46.8 Å². The van der Waals surface area contributed by atoms with Gasteiger partial charge in [-0.05, 0) is 44.7 Å². The molecular weight excluding hydrogens is 352 g/mol. The van der Waals surface area contributed by atoms with Gasteiger partial charge in [-0.25, -0.2) is 0 Å². The van der Waals surface area contributed by atoms with Crippen LogP contribution in [0.3, 0.4) is 0 Å². The molecule has 0 spiro atoms. The average molecular weight is 383 g/mol. The summed E-state index contributed by atoms with van der Waals surface area (Å²) in [7, 11) is 1.51. The van der Waals surface area contributed by atoms with E-state index in [4.69, 9.17) is 4.74 Å². The van der Waals surface area contributed by atoms with Crippen LogP contribution in [0.4, 0.5) is 0 Å². The number of Topliss-reactive ketones (excluding diaryl/α,β-unsaturated/α-hetero) is 1. The Morgan fingerprint density at radius 1 is 1.11 bits per heavy atom. The number of ether oxygens (including phenoxy) is 1. The van der Waals surface area contributed by atoms with E-state index in [2.05, 4.69) is 6.07 Å². The van der Waals surface area contributed by atoms with Gasteiger partial charge in [-0.1, -0.05) is 56.2 Å². The summed E-state index contributed by atoms with van der Waals surface area (Å²) in [6, 6.07) is 5.99. The Hall–Kier alpha value is -2.62. The number of carbonyl (C=O) groups is 2. The van der Waals surface area contributed by atoms with Crippen molar-refractivity contribution in [1.29, 1.82) is 0 Å². The van der Waals surface area contributed by atoms with Crippen molar-refractivity contribution >= 4 is 17.6 Å². The summed E-state index contributed by atoms with van der Waals surface area (Å²) in [5, 5.41) is 10.7. The molecule has 0 atom stereocenters. The van der Waals surface area contributed by atoms with Crippen molar-refractivity contribution in [1.82, 2.24) is 0 Å². The predicted octanol–water partition coefficient (Wildman–Crippen LogP) is 5.40. The minimum Gasteiger partial charge on any atom is -0.507 e. The molecule has 1 aromatic rings. The fourth-order valence-electron chi connectivity index (χ4n) is 4.13. The Kier molecular flexibility index (Phi) is 6.65. The molecule has 0 heterocycles. The molecule has 2 rings (SSSR count). The molecule has 0 aromatic heterocycles. The number of carbonyl (C=O) groups excluding carboxylic acids is 2. The molecule has 1 aromatic carbocycles. The van der Waals surface area contributed by atoms with Crippen LogP contribution in [0.2, 0.25) is 0 Å². The van der Waals surface area contributed by atoms with Crippen molar-refractivity contribution in [3.63, 3.8) is 0 Å². The lowest BCUT2D eigenvalue weighted by Gasteiger charge is -2.37. The fraction of sp³-hybridized carbons (Fsp3) is 0.417. The molecule has 0 radical (unpaired) electrons. The van der Waals surface area contributed by atoms with Gasteiger partial charge in [0.1, 0.15) is 17.1 Å². The fourth-order valence-corrected chi connectivity index (χ4v) is 4.13. The van der Waals surface area contributed by atoms with Crippen LogP contribution < -0.4 is 0 Å². The first-order valence-electron chi connectivity index (χ1n) is 9.82. The lowest BCUT2D eigenvalue weighted by molar-refractivity contribution is -0.128. The largest absolute Gasteiger partial charge is 0.507 e. The molecule has 0 saturated heterocycles. The molecule has 4 heteroatoms. The van der Waals surface area contributed by atoms with E-state index in [0.717, 1.165) is 16.7 Å². The van der Waals surface area contributed by atoms with Gasteiger partial charge < -0.3 is 9.84 Å². The van der Waals surface area contributed by atoms with Crippen LogP contribution in [0.15, 0.2) is 46.9 Å². The van der Waals surface area contributed by atoms with Crippen LogP contribution in [0.25, 0.3) is 6.08 Å². The SMILES string of the molecule is CCC1=C(OC)C(CC)(CC)C(=O)C(C(=O)/C=C/c2cc(C)cc(C)c2)=C1O. The molecule has 28 heavy (non-hydrogen) atoms. The summed E-state index contributed by atoms with van der Waals surface area (Å²) in [6.45, 7) is 9.68. The molecular formula is C24H30O4. The number of benzene rings is 1. The summed E-state index contributed by atoms with van der Waals surface area (Å²) >= 11 is 0. The van der Waals surface area contributed by atoms with Crippen LogP contribution in [0.5, 0.6) is 0 Å². The molecule has 1 aliphatic rings. The maximum absolute atomic E-state index is 13.3. The molecule has 0 aliphatic heterocycles. The molecule has 0 unspecified atom stereocenters. The lowest BCUT2D eigenvalue weighted by Crippen LogP contribution is -2.40. The van der Waals surface area contributed by atoms with Crippen molar-refractivity contribution in [2.75, 3.05) is 7.11 Å².